The summed E-state index contributed by atoms with van der Waals surface area (Å²) in [4.78, 5) is 11.7. The summed E-state index contributed by atoms with van der Waals surface area (Å²) in [6, 6.07) is 11.2. The largest absolute Gasteiger partial charge is 0.419 e. The maximum atomic E-state index is 13.5. The van der Waals surface area contributed by atoms with Gasteiger partial charge in [-0.3, -0.25) is 4.79 Å². The molecule has 24 heavy (non-hydrogen) atoms. The number of nitrogens with zero attached hydrogens (tertiary/aromatic N) is 1. The van der Waals surface area contributed by atoms with Crippen molar-refractivity contribution in [3.05, 3.63) is 71.2 Å². The summed E-state index contributed by atoms with van der Waals surface area (Å²) in [5.74, 6) is -1.70. The summed E-state index contributed by atoms with van der Waals surface area (Å²) in [5.41, 5.74) is 4.16. The molecule has 7 heteroatoms. The third-order valence-electron chi connectivity index (χ3n) is 3.72. The lowest BCUT2D eigenvalue weighted by molar-refractivity contribution is -0.136. The highest BCUT2D eigenvalue weighted by Crippen LogP contribution is 2.39. The van der Waals surface area contributed by atoms with Gasteiger partial charge in [0.1, 0.15) is 11.5 Å². The minimum atomic E-state index is -4.74. The molecule has 2 N–H and O–H groups in total. The Hall–Kier alpha value is -2.83. The van der Waals surface area contributed by atoms with Gasteiger partial charge in [0, 0.05) is 17.4 Å². The molecule has 0 aliphatic rings. The van der Waals surface area contributed by atoms with Crippen LogP contribution in [0.4, 0.5) is 17.6 Å². The van der Waals surface area contributed by atoms with Crippen molar-refractivity contribution in [3.8, 4) is 0 Å². The molecule has 0 spiro atoms. The molecule has 1 aromatic heterocycles. The number of para-hydroxylation sites is 1. The van der Waals surface area contributed by atoms with Crippen molar-refractivity contribution in [3.63, 3.8) is 0 Å². The van der Waals surface area contributed by atoms with Crippen molar-refractivity contribution < 1.29 is 22.4 Å². The van der Waals surface area contributed by atoms with Gasteiger partial charge in [0.25, 0.3) is 5.91 Å². The van der Waals surface area contributed by atoms with E-state index in [9.17, 15) is 22.4 Å². The number of halogens is 4. The minimum Gasteiger partial charge on any atom is -0.364 e. The lowest BCUT2D eigenvalue weighted by atomic mass is 10.1. The van der Waals surface area contributed by atoms with E-state index in [1.807, 2.05) is 0 Å². The van der Waals surface area contributed by atoms with Gasteiger partial charge in [0.05, 0.1) is 5.56 Å². The topological polar surface area (TPSA) is 48.0 Å². The molecule has 0 aliphatic carbocycles. The second-order valence-corrected chi connectivity index (χ2v) is 5.32. The monoisotopic (exact) mass is 336 g/mol. The van der Waals surface area contributed by atoms with Crippen LogP contribution in [0.2, 0.25) is 0 Å². The number of nitrogens with two attached hydrogens (primary N) is 1. The molecule has 0 unspecified atom stereocenters. The van der Waals surface area contributed by atoms with E-state index in [1.165, 1.54) is 41.0 Å². The van der Waals surface area contributed by atoms with E-state index in [-0.39, 0.29) is 17.4 Å². The zero-order valence-corrected chi connectivity index (χ0v) is 12.3. The highest BCUT2D eigenvalue weighted by Gasteiger charge is 2.40. The zero-order chi connectivity index (χ0) is 17.5. The van der Waals surface area contributed by atoms with E-state index in [4.69, 9.17) is 5.73 Å². The van der Waals surface area contributed by atoms with E-state index in [0.717, 1.165) is 0 Å². The summed E-state index contributed by atoms with van der Waals surface area (Å²) in [6.07, 6.45) is -4.74. The van der Waals surface area contributed by atoms with Crippen molar-refractivity contribution in [2.75, 3.05) is 0 Å². The maximum Gasteiger partial charge on any atom is 0.419 e. The number of carbonyl (C=O) groups is 1. The number of carbonyl (C=O) groups excluding carboxylic acids is 1. The van der Waals surface area contributed by atoms with Gasteiger partial charge >= 0.3 is 6.18 Å². The van der Waals surface area contributed by atoms with Crippen molar-refractivity contribution in [1.29, 1.82) is 0 Å². The number of alkyl halides is 3. The van der Waals surface area contributed by atoms with Gasteiger partial charge in [-0.25, -0.2) is 4.39 Å². The molecule has 124 valence electrons. The molecule has 0 radical (unpaired) electrons. The first-order chi connectivity index (χ1) is 11.3. The lowest BCUT2D eigenvalue weighted by Crippen LogP contribution is -2.22. The molecule has 0 atom stereocenters. The fourth-order valence-electron chi connectivity index (χ4n) is 2.83. The van der Waals surface area contributed by atoms with Gasteiger partial charge < -0.3 is 10.3 Å². The Labute approximate surface area is 134 Å². The molecule has 0 aliphatic heterocycles. The van der Waals surface area contributed by atoms with Gasteiger partial charge in [0.2, 0.25) is 0 Å². The van der Waals surface area contributed by atoms with E-state index < -0.39 is 29.2 Å². The quantitative estimate of drug-likeness (QED) is 0.724. The minimum absolute atomic E-state index is 0.105. The van der Waals surface area contributed by atoms with E-state index in [2.05, 4.69) is 0 Å². The Morgan fingerprint density at radius 1 is 1.08 bits per heavy atom. The summed E-state index contributed by atoms with van der Waals surface area (Å²) in [5, 5.41) is -0.116. The van der Waals surface area contributed by atoms with Crippen LogP contribution in [0.25, 0.3) is 10.9 Å². The molecular weight excluding hydrogens is 324 g/mol. The van der Waals surface area contributed by atoms with E-state index in [1.54, 1.807) is 12.1 Å². The van der Waals surface area contributed by atoms with E-state index >= 15 is 0 Å². The molecule has 0 bridgehead atoms. The Morgan fingerprint density at radius 2 is 1.79 bits per heavy atom. The number of benzene rings is 2. The molecule has 0 saturated carbocycles. The van der Waals surface area contributed by atoms with Gasteiger partial charge in [0.15, 0.2) is 0 Å². The predicted molar refractivity (Wildman–Crippen MR) is 81.0 cm³/mol. The fraction of sp³-hybridized carbons (Fsp3) is 0.118. The first-order valence-corrected chi connectivity index (χ1v) is 7.01. The second-order valence-electron chi connectivity index (χ2n) is 5.32. The third-order valence-corrected chi connectivity index (χ3v) is 3.72. The smallest absolute Gasteiger partial charge is 0.364 e. The Bertz CT molecular complexity index is 928. The molecule has 3 rings (SSSR count). The normalized spacial score (nSPS) is 11.8. The van der Waals surface area contributed by atoms with Crippen LogP contribution in [0.5, 0.6) is 0 Å². The van der Waals surface area contributed by atoms with Gasteiger partial charge in [-0.05, 0) is 23.8 Å². The van der Waals surface area contributed by atoms with Crippen LogP contribution in [0, 0.1) is 5.82 Å². The number of fused-ring (bicyclic) bond motifs is 1. The highest BCUT2D eigenvalue weighted by molar-refractivity contribution is 6.01. The van der Waals surface area contributed by atoms with Crippen LogP contribution in [0.15, 0.2) is 48.5 Å². The predicted octanol–water partition coefficient (Wildman–Crippen LogP) is 3.95. The number of amides is 1. The summed E-state index contributed by atoms with van der Waals surface area (Å²) < 4.78 is 55.0. The summed E-state index contributed by atoms with van der Waals surface area (Å²) in [6.45, 7) is -0.105. The molecule has 2 aromatic carbocycles. The van der Waals surface area contributed by atoms with Crippen LogP contribution >= 0.6 is 0 Å². The molecule has 0 fully saturated rings. The average Bonchev–Trinajstić information content (AvgIpc) is 2.82. The van der Waals surface area contributed by atoms with Crippen LogP contribution in [0.3, 0.4) is 0 Å². The lowest BCUT2D eigenvalue weighted by Gasteiger charge is -2.11. The SMILES string of the molecule is NC(=O)c1c(C(F)(F)F)c2ccccc2n1Cc1cccc(F)c1. The number of aromatic nitrogens is 1. The van der Waals surface area contributed by atoms with Crippen LogP contribution in [0.1, 0.15) is 21.6 Å². The van der Waals surface area contributed by atoms with E-state index in [0.29, 0.717) is 5.56 Å². The second kappa shape index (κ2) is 5.67. The van der Waals surface area contributed by atoms with Crippen LogP contribution in [-0.4, -0.2) is 10.5 Å². The van der Waals surface area contributed by atoms with Crippen LogP contribution in [-0.2, 0) is 12.7 Å². The fourth-order valence-corrected chi connectivity index (χ4v) is 2.83. The molecule has 3 nitrogen and oxygen atoms in total. The Morgan fingerprint density at radius 3 is 2.42 bits per heavy atom. The number of hydrogen-bond donors (Lipinski definition) is 1. The summed E-state index contributed by atoms with van der Waals surface area (Å²) >= 11 is 0. The molecule has 1 heterocycles. The number of rotatable bonds is 3. The zero-order valence-electron chi connectivity index (χ0n) is 12.3. The molecule has 3 aromatic rings. The van der Waals surface area contributed by atoms with Crippen molar-refractivity contribution >= 4 is 16.8 Å². The Balaban J connectivity index is 2.30. The van der Waals surface area contributed by atoms with Gasteiger partial charge in [-0.2, -0.15) is 13.2 Å². The number of hydrogen-bond acceptors (Lipinski definition) is 1. The summed E-state index contributed by atoms with van der Waals surface area (Å²) in [7, 11) is 0. The third kappa shape index (κ3) is 2.73. The standard InChI is InChI=1S/C17H12F4N2O/c18-11-5-3-4-10(8-11)9-23-13-7-2-1-6-12(13)14(17(19,20)21)15(23)16(22)24/h1-8H,9H2,(H2,22,24). The first-order valence-electron chi connectivity index (χ1n) is 7.01. The van der Waals surface area contributed by atoms with Crippen LogP contribution < -0.4 is 5.73 Å². The van der Waals surface area contributed by atoms with Crippen molar-refractivity contribution in [1.82, 2.24) is 4.57 Å². The van der Waals surface area contributed by atoms with Crippen molar-refractivity contribution in [2.45, 2.75) is 12.7 Å². The van der Waals surface area contributed by atoms with Crippen molar-refractivity contribution in [2.24, 2.45) is 5.73 Å². The molecular formula is C17H12F4N2O. The maximum absolute atomic E-state index is 13.5. The van der Waals surface area contributed by atoms with Gasteiger partial charge in [-0.15, -0.1) is 0 Å². The highest BCUT2D eigenvalue weighted by atomic mass is 19.4. The van der Waals surface area contributed by atoms with Gasteiger partial charge in [-0.1, -0.05) is 30.3 Å². The Kier molecular flexibility index (Phi) is 3.79. The number of primary amides is 1. The average molecular weight is 336 g/mol. The first kappa shape index (κ1) is 16.0. The molecule has 1 amide bonds. The molecule has 0 saturated heterocycles.